The minimum absolute atomic E-state index is 0.0360. The molecule has 7 rings (SSSR count). The van der Waals surface area contributed by atoms with Gasteiger partial charge in [0.05, 0.1) is 33.5 Å². The molecule has 4 amide bonds. The summed E-state index contributed by atoms with van der Waals surface area (Å²) in [5.74, 6) is 7.15. The van der Waals surface area contributed by atoms with Crippen LogP contribution in [0.5, 0.6) is 0 Å². The first-order valence-corrected chi connectivity index (χ1v) is 19.0. The molecule has 2 aliphatic rings. The highest BCUT2D eigenvalue weighted by Crippen LogP contribution is 2.37. The lowest BCUT2D eigenvalue weighted by atomic mass is 9.98. The normalized spacial score (nSPS) is 13.7. The molecule has 2 aromatic carbocycles. The van der Waals surface area contributed by atoms with E-state index < -0.39 is 11.9 Å². The number of nitrogens with one attached hydrogen (secondary N) is 1. The van der Waals surface area contributed by atoms with Crippen molar-refractivity contribution in [1.82, 2.24) is 34.8 Å². The number of imide groups is 2. The topological polar surface area (TPSA) is 144 Å². The number of aliphatic imine (C=N–C) groups is 1. The van der Waals surface area contributed by atoms with Gasteiger partial charge in [-0.15, -0.1) is 21.5 Å². The number of aryl methyl sites for hydroxylation is 3. The Balaban J connectivity index is 0.977. The zero-order valence-electron chi connectivity index (χ0n) is 30.1. The summed E-state index contributed by atoms with van der Waals surface area (Å²) < 4.78 is 3.97. The molecule has 0 aliphatic carbocycles. The molecule has 0 spiro atoms. The van der Waals surface area contributed by atoms with Crippen molar-refractivity contribution in [3.05, 3.63) is 115 Å². The molecular weight excluding hydrogens is 724 g/mol. The predicted octanol–water partition coefficient (Wildman–Crippen LogP) is 6.00. The predicted molar refractivity (Wildman–Crippen MR) is 205 cm³/mol. The van der Waals surface area contributed by atoms with Gasteiger partial charge in [0.25, 0.3) is 11.8 Å². The smallest absolute Gasteiger partial charge is 0.262 e. The second-order valence-corrected chi connectivity index (χ2v) is 14.8. The van der Waals surface area contributed by atoms with Gasteiger partial charge >= 0.3 is 0 Å². The summed E-state index contributed by atoms with van der Waals surface area (Å²) >= 11 is 7.80. The van der Waals surface area contributed by atoms with Gasteiger partial charge in [-0.1, -0.05) is 54.1 Å². The van der Waals surface area contributed by atoms with Crippen LogP contribution in [0.4, 0.5) is 0 Å². The molecular formula is C40H37ClN8O4S. The number of unbranched alkanes of at least 4 members (excludes halogenated alkanes) is 2. The second kappa shape index (κ2) is 15.7. The Morgan fingerprint density at radius 2 is 1.85 bits per heavy atom. The first-order valence-electron chi connectivity index (χ1n) is 17.8. The van der Waals surface area contributed by atoms with Crippen molar-refractivity contribution in [2.24, 2.45) is 4.99 Å². The average molecular weight is 761 g/mol. The Bertz CT molecular complexity index is 2380. The summed E-state index contributed by atoms with van der Waals surface area (Å²) in [4.78, 5) is 55.9. The zero-order chi connectivity index (χ0) is 37.9. The van der Waals surface area contributed by atoms with Crippen molar-refractivity contribution in [2.75, 3.05) is 0 Å². The molecule has 5 heterocycles. The molecule has 0 saturated carbocycles. The van der Waals surface area contributed by atoms with Gasteiger partial charge in [0.2, 0.25) is 12.3 Å². The van der Waals surface area contributed by atoms with Crippen molar-refractivity contribution in [3.8, 4) is 16.8 Å². The fraction of sp³-hybridized carbons (Fsp3) is 0.300. The molecule has 5 aromatic rings. The number of fused-ring (bicyclic) bond motifs is 4. The molecule has 1 unspecified atom stereocenters. The van der Waals surface area contributed by atoms with Gasteiger partial charge in [-0.25, -0.2) is 0 Å². The molecule has 3 aromatic heterocycles. The first-order chi connectivity index (χ1) is 26.1. The highest BCUT2D eigenvalue weighted by Gasteiger charge is 2.39. The molecule has 1 atom stereocenters. The summed E-state index contributed by atoms with van der Waals surface area (Å²) in [5.41, 5.74) is 6.43. The van der Waals surface area contributed by atoms with Crippen LogP contribution in [0, 0.1) is 25.7 Å². The van der Waals surface area contributed by atoms with Crippen LogP contribution in [-0.2, 0) is 29.1 Å². The van der Waals surface area contributed by atoms with E-state index in [1.807, 2.05) is 54.2 Å². The fourth-order valence-corrected chi connectivity index (χ4v) is 8.29. The van der Waals surface area contributed by atoms with E-state index in [1.54, 1.807) is 30.5 Å². The van der Waals surface area contributed by atoms with Gasteiger partial charge < -0.3 is 0 Å². The molecule has 0 radical (unpaired) electrons. The molecule has 0 fully saturated rings. The van der Waals surface area contributed by atoms with Gasteiger partial charge in [-0.05, 0) is 75.8 Å². The monoisotopic (exact) mass is 760 g/mol. The number of hydrogen-bond acceptors (Lipinski definition) is 9. The molecule has 14 heteroatoms. The second-order valence-electron chi connectivity index (χ2n) is 13.4. The van der Waals surface area contributed by atoms with Crippen LogP contribution in [0.2, 0.25) is 5.02 Å². The Labute approximate surface area is 321 Å². The summed E-state index contributed by atoms with van der Waals surface area (Å²) in [7, 11) is 0. The average Bonchev–Trinajstić information content (AvgIpc) is 3.89. The number of carbonyl (C=O) groups excluding carboxylic acids is 4. The van der Waals surface area contributed by atoms with Gasteiger partial charge in [0, 0.05) is 41.4 Å². The largest absolute Gasteiger partial charge is 0.299 e. The molecule has 274 valence electrons. The van der Waals surface area contributed by atoms with E-state index in [0.717, 1.165) is 80.9 Å². The number of halogens is 1. The van der Waals surface area contributed by atoms with E-state index in [1.165, 1.54) is 4.90 Å². The first kappa shape index (κ1) is 36.6. The number of carbonyl (C=O) groups is 4. The molecule has 2 aliphatic heterocycles. The van der Waals surface area contributed by atoms with Gasteiger partial charge in [-0.2, -0.15) is 5.10 Å². The van der Waals surface area contributed by atoms with Crippen LogP contribution in [0.1, 0.15) is 104 Å². The quantitative estimate of drug-likeness (QED) is 0.0712. The van der Waals surface area contributed by atoms with Crippen LogP contribution >= 0.6 is 22.9 Å². The lowest BCUT2D eigenvalue weighted by Crippen LogP contribution is -2.38. The Morgan fingerprint density at radius 3 is 2.65 bits per heavy atom. The number of aromatic nitrogens is 5. The molecule has 0 bridgehead atoms. The van der Waals surface area contributed by atoms with Crippen LogP contribution in [0.15, 0.2) is 59.9 Å². The van der Waals surface area contributed by atoms with Crippen molar-refractivity contribution in [3.63, 3.8) is 0 Å². The highest BCUT2D eigenvalue weighted by atomic mass is 35.5. The van der Waals surface area contributed by atoms with Crippen LogP contribution in [-0.4, -0.2) is 65.3 Å². The van der Waals surface area contributed by atoms with E-state index in [0.29, 0.717) is 35.5 Å². The number of thiophene rings is 1. The zero-order valence-corrected chi connectivity index (χ0v) is 31.6. The number of amides is 4. The van der Waals surface area contributed by atoms with Crippen molar-refractivity contribution < 1.29 is 19.2 Å². The van der Waals surface area contributed by atoms with E-state index in [4.69, 9.17) is 16.6 Å². The maximum absolute atomic E-state index is 13.4. The van der Waals surface area contributed by atoms with E-state index in [-0.39, 0.29) is 24.7 Å². The SMILES string of the molecule is Cc1c(C#Cc2cnn(CCCCCc3cccc4c3C(=O)N(C(C)CCC(=O)NC=O)C4=O)c2)sc2c1C(c1ccc(Cl)cc1)=NCc1nnc(C)n1-2. The summed E-state index contributed by atoms with van der Waals surface area (Å²) in [6.07, 6.45) is 7.65. The van der Waals surface area contributed by atoms with Crippen LogP contribution in [0.25, 0.3) is 5.00 Å². The lowest BCUT2D eigenvalue weighted by molar-refractivity contribution is -0.125. The summed E-state index contributed by atoms with van der Waals surface area (Å²) in [5, 5.41) is 17.0. The molecule has 54 heavy (non-hydrogen) atoms. The van der Waals surface area contributed by atoms with E-state index >= 15 is 0 Å². The minimum Gasteiger partial charge on any atom is -0.299 e. The summed E-state index contributed by atoms with van der Waals surface area (Å²) in [6.45, 7) is 6.90. The lowest BCUT2D eigenvalue weighted by Gasteiger charge is -2.22. The maximum Gasteiger partial charge on any atom is 0.262 e. The number of benzene rings is 2. The number of hydrogen-bond donors (Lipinski definition) is 1. The standard InChI is InChI=1S/C40H37ClN8O4S/c1-24(11-18-34(51)43-23-50)48-38(52)31-10-7-9-28(36(31)39(48)53)8-5-4-6-19-47-22-27(20-44-47)12-17-32-25(2)35-37(29-13-15-30(41)16-14-29)42-21-33-46-45-26(3)49(33)40(35)54-32/h7,9-10,13-16,20,22-24H,4-6,8,11,18-19,21H2,1-3H3,(H,43,50,51). The third-order valence-electron chi connectivity index (χ3n) is 9.73. The fourth-order valence-electron chi connectivity index (χ4n) is 6.93. The van der Waals surface area contributed by atoms with Crippen molar-refractivity contribution in [1.29, 1.82) is 0 Å². The Hall–Kier alpha value is -5.71. The molecule has 12 nitrogen and oxygen atoms in total. The van der Waals surface area contributed by atoms with Crippen LogP contribution in [0.3, 0.4) is 0 Å². The number of nitrogens with zero attached hydrogens (tertiary/aromatic N) is 7. The van der Waals surface area contributed by atoms with Gasteiger partial charge in [0.15, 0.2) is 5.82 Å². The van der Waals surface area contributed by atoms with Crippen molar-refractivity contribution >= 4 is 52.8 Å². The third kappa shape index (κ3) is 7.27. The molecule has 0 saturated heterocycles. The van der Waals surface area contributed by atoms with E-state index in [9.17, 15) is 19.2 Å². The third-order valence-corrected chi connectivity index (χ3v) is 11.2. The Kier molecular flexibility index (Phi) is 10.7. The minimum atomic E-state index is -0.481. The molecule has 1 N–H and O–H groups in total. The highest BCUT2D eigenvalue weighted by molar-refractivity contribution is 7.15. The Morgan fingerprint density at radius 1 is 1.04 bits per heavy atom. The maximum atomic E-state index is 13.4. The van der Waals surface area contributed by atoms with Gasteiger partial charge in [0.1, 0.15) is 17.4 Å². The van der Waals surface area contributed by atoms with Crippen LogP contribution < -0.4 is 5.32 Å². The number of rotatable bonds is 12. The summed E-state index contributed by atoms with van der Waals surface area (Å²) in [6, 6.07) is 12.6. The van der Waals surface area contributed by atoms with E-state index in [2.05, 4.69) is 43.9 Å². The van der Waals surface area contributed by atoms with Crippen molar-refractivity contribution in [2.45, 2.75) is 78.4 Å². The van der Waals surface area contributed by atoms with Gasteiger partial charge in [-0.3, -0.25) is 43.6 Å².